The van der Waals surface area contributed by atoms with Gasteiger partial charge < -0.3 is 10.1 Å². The molecule has 0 bridgehead atoms. The number of aliphatic carboxylic acids is 1. The molecule has 1 aliphatic carbocycles. The van der Waals surface area contributed by atoms with Gasteiger partial charge in [0, 0.05) is 16.6 Å². The van der Waals surface area contributed by atoms with Crippen LogP contribution in [0.5, 0.6) is 0 Å². The number of aromatic amines is 1. The smallest absolute Gasteiger partial charge is 0.312 e. The summed E-state index contributed by atoms with van der Waals surface area (Å²) in [5.74, 6) is -1.07. The maximum Gasteiger partial charge on any atom is 0.312 e. The first-order chi connectivity index (χ1) is 8.16. The standard InChI is InChI=1S/C14H15NO2/c1-8-5-6-12-11(7-8)9-3-2-4-10(14(16)17)13(9)15-12/h5-7,10,15H,2-4H2,1H3,(H,16,17)/t10-/m0/s1. The van der Waals surface area contributed by atoms with Gasteiger partial charge in [0.15, 0.2) is 0 Å². The second-order valence-corrected chi connectivity index (χ2v) is 4.85. The number of aromatic nitrogens is 1. The van der Waals surface area contributed by atoms with Crippen LogP contribution < -0.4 is 0 Å². The summed E-state index contributed by atoms with van der Waals surface area (Å²) >= 11 is 0. The highest BCUT2D eigenvalue weighted by Crippen LogP contribution is 2.36. The van der Waals surface area contributed by atoms with E-state index in [1.54, 1.807) is 0 Å². The molecule has 1 atom stereocenters. The average Bonchev–Trinajstić information content (AvgIpc) is 2.66. The number of hydrogen-bond donors (Lipinski definition) is 2. The molecule has 2 aromatic rings. The summed E-state index contributed by atoms with van der Waals surface area (Å²) in [5, 5.41) is 10.4. The Kier molecular flexibility index (Phi) is 2.21. The van der Waals surface area contributed by atoms with Gasteiger partial charge in [-0.15, -0.1) is 0 Å². The van der Waals surface area contributed by atoms with Crippen LogP contribution in [0.1, 0.15) is 35.6 Å². The highest BCUT2D eigenvalue weighted by Gasteiger charge is 2.29. The lowest BCUT2D eigenvalue weighted by atomic mass is 9.87. The summed E-state index contributed by atoms with van der Waals surface area (Å²) in [5.41, 5.74) is 4.41. The Labute approximate surface area is 99.5 Å². The molecule has 0 unspecified atom stereocenters. The normalized spacial score (nSPS) is 19.2. The summed E-state index contributed by atoms with van der Waals surface area (Å²) < 4.78 is 0. The fourth-order valence-electron chi connectivity index (χ4n) is 2.82. The van der Waals surface area contributed by atoms with Crippen molar-refractivity contribution < 1.29 is 9.90 Å². The topological polar surface area (TPSA) is 53.1 Å². The Morgan fingerprint density at radius 3 is 3.06 bits per heavy atom. The van der Waals surface area contributed by atoms with Crippen molar-refractivity contribution in [2.45, 2.75) is 32.1 Å². The first-order valence-corrected chi connectivity index (χ1v) is 6.00. The predicted octanol–water partition coefficient (Wildman–Crippen LogP) is 2.98. The van der Waals surface area contributed by atoms with Gasteiger partial charge in [0.1, 0.15) is 0 Å². The van der Waals surface area contributed by atoms with Crippen molar-refractivity contribution >= 4 is 16.9 Å². The van der Waals surface area contributed by atoms with Gasteiger partial charge in [0.2, 0.25) is 0 Å². The van der Waals surface area contributed by atoms with E-state index in [2.05, 4.69) is 24.0 Å². The number of carboxylic acid groups (broad SMARTS) is 1. The SMILES string of the molecule is Cc1ccc2[nH]c3c(c2c1)CCC[C@@H]3C(=O)O. The van der Waals surface area contributed by atoms with Crippen LogP contribution in [0.15, 0.2) is 18.2 Å². The minimum atomic E-state index is -0.714. The number of nitrogens with one attached hydrogen (secondary N) is 1. The van der Waals surface area contributed by atoms with Gasteiger partial charge in [-0.1, -0.05) is 11.6 Å². The summed E-state index contributed by atoms with van der Waals surface area (Å²) in [4.78, 5) is 14.5. The summed E-state index contributed by atoms with van der Waals surface area (Å²) in [7, 11) is 0. The number of fused-ring (bicyclic) bond motifs is 3. The Morgan fingerprint density at radius 1 is 1.47 bits per heavy atom. The minimum absolute atomic E-state index is 0.355. The third-order valence-electron chi connectivity index (χ3n) is 3.66. The van der Waals surface area contributed by atoms with Gasteiger partial charge in [-0.2, -0.15) is 0 Å². The van der Waals surface area contributed by atoms with E-state index in [4.69, 9.17) is 0 Å². The molecule has 3 rings (SSSR count). The largest absolute Gasteiger partial charge is 0.481 e. The van der Waals surface area contributed by atoms with Gasteiger partial charge in [-0.3, -0.25) is 4.79 Å². The van der Waals surface area contributed by atoms with E-state index >= 15 is 0 Å². The maximum atomic E-state index is 11.2. The fraction of sp³-hybridized carbons (Fsp3) is 0.357. The molecule has 0 saturated heterocycles. The molecule has 3 heteroatoms. The molecule has 0 radical (unpaired) electrons. The van der Waals surface area contributed by atoms with E-state index in [0.29, 0.717) is 0 Å². The van der Waals surface area contributed by atoms with E-state index in [9.17, 15) is 9.90 Å². The van der Waals surface area contributed by atoms with Crippen LogP contribution in [0.3, 0.4) is 0 Å². The van der Waals surface area contributed by atoms with Crippen LogP contribution in [0.4, 0.5) is 0 Å². The third kappa shape index (κ3) is 1.54. The van der Waals surface area contributed by atoms with Gasteiger partial charge >= 0.3 is 5.97 Å². The van der Waals surface area contributed by atoms with Crippen molar-refractivity contribution in [3.05, 3.63) is 35.0 Å². The zero-order chi connectivity index (χ0) is 12.0. The summed E-state index contributed by atoms with van der Waals surface area (Å²) in [6, 6.07) is 6.25. The van der Waals surface area contributed by atoms with Crippen molar-refractivity contribution in [3.63, 3.8) is 0 Å². The minimum Gasteiger partial charge on any atom is -0.481 e. The molecule has 1 aliphatic rings. The number of rotatable bonds is 1. The van der Waals surface area contributed by atoms with Crippen molar-refractivity contribution in [1.82, 2.24) is 4.98 Å². The second-order valence-electron chi connectivity index (χ2n) is 4.85. The Bertz CT molecular complexity index is 598. The lowest BCUT2D eigenvalue weighted by Crippen LogP contribution is -2.17. The molecule has 1 aromatic carbocycles. The van der Waals surface area contributed by atoms with E-state index in [1.807, 2.05) is 6.07 Å². The van der Waals surface area contributed by atoms with Crippen LogP contribution in [-0.4, -0.2) is 16.1 Å². The molecule has 0 aliphatic heterocycles. The lowest BCUT2D eigenvalue weighted by Gasteiger charge is -2.18. The van der Waals surface area contributed by atoms with Gasteiger partial charge in [0.05, 0.1) is 5.92 Å². The summed E-state index contributed by atoms with van der Waals surface area (Å²) in [6.07, 6.45) is 2.70. The zero-order valence-electron chi connectivity index (χ0n) is 9.79. The van der Waals surface area contributed by atoms with E-state index in [0.717, 1.165) is 30.5 Å². The molecule has 1 heterocycles. The van der Waals surface area contributed by atoms with E-state index in [-0.39, 0.29) is 5.92 Å². The quantitative estimate of drug-likeness (QED) is 0.789. The van der Waals surface area contributed by atoms with Crippen LogP contribution >= 0.6 is 0 Å². The van der Waals surface area contributed by atoms with Crippen LogP contribution in [0, 0.1) is 6.92 Å². The Morgan fingerprint density at radius 2 is 2.29 bits per heavy atom. The number of H-pyrrole nitrogens is 1. The molecule has 17 heavy (non-hydrogen) atoms. The van der Waals surface area contributed by atoms with Crippen LogP contribution in [-0.2, 0) is 11.2 Å². The van der Waals surface area contributed by atoms with Crippen LogP contribution in [0.25, 0.3) is 10.9 Å². The second kappa shape index (κ2) is 3.62. The Hall–Kier alpha value is -1.77. The number of carbonyl (C=O) groups is 1. The zero-order valence-corrected chi connectivity index (χ0v) is 9.79. The molecular formula is C14H15NO2. The highest BCUT2D eigenvalue weighted by molar-refractivity contribution is 5.88. The molecule has 0 fully saturated rings. The van der Waals surface area contributed by atoms with E-state index in [1.165, 1.54) is 16.5 Å². The van der Waals surface area contributed by atoms with Gasteiger partial charge in [-0.25, -0.2) is 0 Å². The van der Waals surface area contributed by atoms with Crippen molar-refractivity contribution in [1.29, 1.82) is 0 Å². The third-order valence-corrected chi connectivity index (χ3v) is 3.66. The predicted molar refractivity (Wildman–Crippen MR) is 66.4 cm³/mol. The van der Waals surface area contributed by atoms with Crippen molar-refractivity contribution in [3.8, 4) is 0 Å². The van der Waals surface area contributed by atoms with Crippen molar-refractivity contribution in [2.75, 3.05) is 0 Å². The molecule has 0 saturated carbocycles. The van der Waals surface area contributed by atoms with Gasteiger partial charge in [-0.05, 0) is 43.9 Å². The summed E-state index contributed by atoms with van der Waals surface area (Å²) in [6.45, 7) is 2.07. The molecule has 0 spiro atoms. The monoisotopic (exact) mass is 229 g/mol. The number of benzene rings is 1. The lowest BCUT2D eigenvalue weighted by molar-refractivity contribution is -0.139. The van der Waals surface area contributed by atoms with Crippen LogP contribution in [0.2, 0.25) is 0 Å². The molecule has 88 valence electrons. The molecule has 3 nitrogen and oxygen atoms in total. The molecule has 1 aromatic heterocycles. The maximum absolute atomic E-state index is 11.2. The number of hydrogen-bond acceptors (Lipinski definition) is 1. The molecule has 0 amide bonds. The Balaban J connectivity index is 2.25. The molecule has 2 N–H and O–H groups in total. The fourth-order valence-corrected chi connectivity index (χ4v) is 2.82. The first kappa shape index (κ1) is 10.4. The van der Waals surface area contributed by atoms with Crippen molar-refractivity contribution in [2.24, 2.45) is 0 Å². The number of carboxylic acids is 1. The van der Waals surface area contributed by atoms with E-state index < -0.39 is 5.97 Å². The first-order valence-electron chi connectivity index (χ1n) is 6.00. The molecular weight excluding hydrogens is 214 g/mol. The average molecular weight is 229 g/mol. The van der Waals surface area contributed by atoms with Gasteiger partial charge in [0.25, 0.3) is 0 Å². The highest BCUT2D eigenvalue weighted by atomic mass is 16.4. The number of aryl methyl sites for hydroxylation is 2.